The van der Waals surface area contributed by atoms with Crippen LogP contribution < -0.4 is 4.90 Å². The van der Waals surface area contributed by atoms with Crippen molar-refractivity contribution in [2.45, 2.75) is 19.3 Å². The van der Waals surface area contributed by atoms with Crippen LogP contribution in [0.2, 0.25) is 0 Å². The summed E-state index contributed by atoms with van der Waals surface area (Å²) in [5.41, 5.74) is 16.2. The van der Waals surface area contributed by atoms with Gasteiger partial charge in [0.2, 0.25) is 0 Å². The summed E-state index contributed by atoms with van der Waals surface area (Å²) < 4.78 is 8.80. The van der Waals surface area contributed by atoms with Crippen LogP contribution in [0, 0.1) is 0 Å². The molecule has 3 heteroatoms. The normalized spacial score (nSPS) is 13.1. The summed E-state index contributed by atoms with van der Waals surface area (Å²) in [6.07, 6.45) is 0. The number of nitrogens with zero attached hydrogens (tertiary/aromatic N) is 2. The number of anilines is 3. The molecular formula is C55H38N2O. The molecular weight excluding hydrogens is 705 g/mol. The molecule has 0 radical (unpaired) electrons. The summed E-state index contributed by atoms with van der Waals surface area (Å²) in [5.74, 6) is 0. The number of aromatic nitrogens is 1. The van der Waals surface area contributed by atoms with Gasteiger partial charge in [0.05, 0.1) is 11.0 Å². The van der Waals surface area contributed by atoms with E-state index in [1.165, 1.54) is 60.4 Å². The number of fused-ring (bicyclic) bond motifs is 11. The third-order valence-electron chi connectivity index (χ3n) is 12.6. The van der Waals surface area contributed by atoms with Gasteiger partial charge in [0, 0.05) is 55.1 Å². The van der Waals surface area contributed by atoms with Crippen molar-refractivity contribution in [2.24, 2.45) is 0 Å². The molecule has 274 valence electrons. The second kappa shape index (κ2) is 12.3. The highest BCUT2D eigenvalue weighted by atomic mass is 16.3. The molecule has 0 saturated carbocycles. The van der Waals surface area contributed by atoms with E-state index < -0.39 is 0 Å². The molecule has 1 aliphatic carbocycles. The Labute approximate surface area is 336 Å². The third-order valence-corrected chi connectivity index (χ3v) is 12.6. The van der Waals surface area contributed by atoms with Crippen molar-refractivity contribution in [3.8, 4) is 27.9 Å². The number of benzene rings is 9. The van der Waals surface area contributed by atoms with Gasteiger partial charge in [-0.05, 0) is 105 Å². The molecule has 0 unspecified atom stereocenters. The van der Waals surface area contributed by atoms with E-state index in [1.807, 2.05) is 6.07 Å². The van der Waals surface area contributed by atoms with Gasteiger partial charge in [0.15, 0.2) is 0 Å². The third kappa shape index (κ3) is 4.74. The van der Waals surface area contributed by atoms with Gasteiger partial charge in [0.25, 0.3) is 0 Å². The molecule has 11 aromatic rings. The van der Waals surface area contributed by atoms with Gasteiger partial charge >= 0.3 is 0 Å². The van der Waals surface area contributed by atoms with E-state index in [2.05, 4.69) is 211 Å². The van der Waals surface area contributed by atoms with Crippen LogP contribution in [0.5, 0.6) is 0 Å². The second-order valence-corrected chi connectivity index (χ2v) is 16.1. The van der Waals surface area contributed by atoms with Crippen LogP contribution in [0.3, 0.4) is 0 Å². The van der Waals surface area contributed by atoms with E-state index >= 15 is 0 Å². The fourth-order valence-corrected chi connectivity index (χ4v) is 9.88. The van der Waals surface area contributed by atoms with Crippen molar-refractivity contribution in [3.63, 3.8) is 0 Å². The van der Waals surface area contributed by atoms with Crippen LogP contribution in [-0.2, 0) is 5.41 Å². The summed E-state index contributed by atoms with van der Waals surface area (Å²) in [5, 5.41) is 7.17. The van der Waals surface area contributed by atoms with E-state index in [9.17, 15) is 0 Å². The Bertz CT molecular complexity index is 3440. The van der Waals surface area contributed by atoms with Crippen molar-refractivity contribution in [1.29, 1.82) is 0 Å². The SMILES string of the molecule is CC1(C)c2ccccc2-c2ccc(N(c3cccc(-c4cccc5ccc6oc7ccccc7c6c45)c3)c3ccc4c5ccccc5n(-c5ccccc5)c4c3)cc21. The minimum Gasteiger partial charge on any atom is -0.456 e. The Hall–Kier alpha value is -7.36. The summed E-state index contributed by atoms with van der Waals surface area (Å²) in [6, 6.07) is 70.8. The zero-order chi connectivity index (χ0) is 38.5. The molecule has 0 fully saturated rings. The van der Waals surface area contributed by atoms with Crippen molar-refractivity contribution >= 4 is 71.6 Å². The first-order chi connectivity index (χ1) is 28.5. The van der Waals surface area contributed by atoms with Gasteiger partial charge in [-0.1, -0.05) is 141 Å². The lowest BCUT2D eigenvalue weighted by atomic mass is 9.82. The van der Waals surface area contributed by atoms with Crippen molar-refractivity contribution in [3.05, 3.63) is 205 Å². The average Bonchev–Trinajstić information content (AvgIpc) is 3.89. The van der Waals surface area contributed by atoms with Crippen LogP contribution in [0.1, 0.15) is 25.0 Å². The standard InChI is InChI=1S/C55H38N2O/c1-55(2)47-23-9-6-19-42(47)43-29-27-39(33-48(43)55)56(40-28-30-45-44-20-7-10-24-49(44)57(50(45)34-40)37-16-4-3-5-17-37)38-18-12-15-36(32-38)41-22-13-14-35-26-31-52-54(53(35)41)46-21-8-11-25-51(46)58-52/h3-34H,1-2H3. The van der Waals surface area contributed by atoms with Crippen LogP contribution in [0.15, 0.2) is 199 Å². The molecule has 12 rings (SSSR count). The zero-order valence-corrected chi connectivity index (χ0v) is 32.3. The minimum atomic E-state index is -0.138. The number of hydrogen-bond acceptors (Lipinski definition) is 2. The maximum absolute atomic E-state index is 6.39. The van der Waals surface area contributed by atoms with Gasteiger partial charge in [-0.2, -0.15) is 0 Å². The van der Waals surface area contributed by atoms with Crippen LogP contribution >= 0.6 is 0 Å². The van der Waals surface area contributed by atoms with Crippen molar-refractivity contribution < 1.29 is 4.42 Å². The molecule has 2 heterocycles. The second-order valence-electron chi connectivity index (χ2n) is 16.1. The predicted octanol–water partition coefficient (Wildman–Crippen LogP) is 15.3. The maximum Gasteiger partial charge on any atom is 0.136 e. The first-order valence-corrected chi connectivity index (χ1v) is 20.1. The predicted molar refractivity (Wildman–Crippen MR) is 243 cm³/mol. The number of hydrogen-bond donors (Lipinski definition) is 0. The Morgan fingerprint density at radius 1 is 0.431 bits per heavy atom. The van der Waals surface area contributed by atoms with E-state index in [4.69, 9.17) is 4.42 Å². The van der Waals surface area contributed by atoms with E-state index in [0.717, 1.165) is 50.3 Å². The first kappa shape index (κ1) is 32.8. The average molecular weight is 743 g/mol. The van der Waals surface area contributed by atoms with Crippen LogP contribution in [0.25, 0.3) is 82.5 Å². The van der Waals surface area contributed by atoms with Gasteiger partial charge in [-0.15, -0.1) is 0 Å². The molecule has 0 N–H and O–H groups in total. The Morgan fingerprint density at radius 3 is 2.03 bits per heavy atom. The maximum atomic E-state index is 6.39. The lowest BCUT2D eigenvalue weighted by molar-refractivity contribution is 0.660. The fourth-order valence-electron chi connectivity index (χ4n) is 9.88. The first-order valence-electron chi connectivity index (χ1n) is 20.1. The monoisotopic (exact) mass is 742 g/mol. The lowest BCUT2D eigenvalue weighted by Gasteiger charge is -2.29. The molecule has 58 heavy (non-hydrogen) atoms. The van der Waals surface area contributed by atoms with Crippen LogP contribution in [-0.4, -0.2) is 4.57 Å². The topological polar surface area (TPSA) is 21.3 Å². The van der Waals surface area contributed by atoms with Crippen molar-refractivity contribution in [1.82, 2.24) is 4.57 Å². The molecule has 0 atom stereocenters. The van der Waals surface area contributed by atoms with Gasteiger partial charge < -0.3 is 13.9 Å². The fraction of sp³-hybridized carbons (Fsp3) is 0.0545. The highest BCUT2D eigenvalue weighted by molar-refractivity contribution is 6.23. The molecule has 1 aliphatic rings. The van der Waals surface area contributed by atoms with E-state index in [1.54, 1.807) is 0 Å². The lowest BCUT2D eigenvalue weighted by Crippen LogP contribution is -2.16. The number of rotatable bonds is 5. The van der Waals surface area contributed by atoms with Gasteiger partial charge in [-0.25, -0.2) is 0 Å². The summed E-state index contributed by atoms with van der Waals surface area (Å²) >= 11 is 0. The molecule has 0 saturated heterocycles. The molecule has 0 amide bonds. The molecule has 2 aromatic heterocycles. The molecule has 3 nitrogen and oxygen atoms in total. The smallest absolute Gasteiger partial charge is 0.136 e. The minimum absolute atomic E-state index is 0.138. The summed E-state index contributed by atoms with van der Waals surface area (Å²) in [6.45, 7) is 4.72. The summed E-state index contributed by atoms with van der Waals surface area (Å²) in [4.78, 5) is 2.45. The zero-order valence-electron chi connectivity index (χ0n) is 32.3. The number of para-hydroxylation sites is 3. The Balaban J connectivity index is 1.11. The Morgan fingerprint density at radius 2 is 1.12 bits per heavy atom. The molecule has 9 aromatic carbocycles. The van der Waals surface area contributed by atoms with Gasteiger partial charge in [0.1, 0.15) is 11.2 Å². The molecule has 0 aliphatic heterocycles. The molecule has 0 spiro atoms. The largest absolute Gasteiger partial charge is 0.456 e. The Kier molecular flexibility index (Phi) is 6.98. The highest BCUT2D eigenvalue weighted by Crippen LogP contribution is 2.51. The van der Waals surface area contributed by atoms with Crippen LogP contribution in [0.4, 0.5) is 17.1 Å². The van der Waals surface area contributed by atoms with Crippen molar-refractivity contribution in [2.75, 3.05) is 4.90 Å². The number of furan rings is 1. The van der Waals surface area contributed by atoms with E-state index in [0.29, 0.717) is 0 Å². The quantitative estimate of drug-likeness (QED) is 0.175. The van der Waals surface area contributed by atoms with Gasteiger partial charge in [-0.3, -0.25) is 0 Å². The summed E-state index contributed by atoms with van der Waals surface area (Å²) in [7, 11) is 0. The molecule has 0 bridgehead atoms. The highest BCUT2D eigenvalue weighted by Gasteiger charge is 2.36. The van der Waals surface area contributed by atoms with E-state index in [-0.39, 0.29) is 5.41 Å².